The fourth-order valence-electron chi connectivity index (χ4n) is 3.20. The van der Waals surface area contributed by atoms with Crippen LogP contribution in [0.2, 0.25) is 0 Å². The Labute approximate surface area is 248 Å². The zero-order chi connectivity index (χ0) is 30.5. The SMILES string of the molecule is CC(=O)O.Nc1c(N=Nc2ccncc2O)c(S(=O)(=O)O)cc2cc(S(O)(O)O)c(N=Nc3cccnc3)c(O)c12.[Cu]. The summed E-state index contributed by atoms with van der Waals surface area (Å²) in [7, 11) is -9.53. The van der Waals surface area contributed by atoms with Gasteiger partial charge in [-0.15, -0.1) is 20.5 Å². The molecule has 0 aliphatic rings. The number of fused-ring (bicyclic) bond motifs is 1. The third-order valence-electron chi connectivity index (χ3n) is 4.83. The number of nitrogens with two attached hydrogens (primary N) is 1. The van der Waals surface area contributed by atoms with Gasteiger partial charge in [-0.2, -0.15) is 8.42 Å². The second-order valence-electron chi connectivity index (χ2n) is 7.80. The van der Waals surface area contributed by atoms with Crippen molar-refractivity contribution in [2.45, 2.75) is 16.7 Å². The first-order chi connectivity index (χ1) is 19.1. The fourth-order valence-corrected chi connectivity index (χ4v) is 4.56. The number of phenols is 1. The number of aromatic nitrogens is 2. The van der Waals surface area contributed by atoms with Crippen molar-refractivity contribution >= 4 is 66.2 Å². The van der Waals surface area contributed by atoms with E-state index in [9.17, 15) is 36.8 Å². The van der Waals surface area contributed by atoms with E-state index < -0.39 is 65.3 Å². The van der Waals surface area contributed by atoms with Crippen molar-refractivity contribution in [3.8, 4) is 11.5 Å². The number of nitrogens with zero attached hydrogens (tertiary/aromatic N) is 6. The molecule has 0 bridgehead atoms. The van der Waals surface area contributed by atoms with E-state index in [1.165, 1.54) is 30.7 Å². The van der Waals surface area contributed by atoms with Gasteiger partial charge in [0, 0.05) is 36.4 Å². The van der Waals surface area contributed by atoms with E-state index in [1.54, 1.807) is 6.07 Å². The molecule has 4 rings (SSSR count). The number of phenolic OH excluding ortho intramolecular Hbond substituents is 1. The van der Waals surface area contributed by atoms with E-state index in [1.807, 2.05) is 0 Å². The van der Waals surface area contributed by atoms with Crippen LogP contribution in [0, 0.1) is 0 Å². The minimum Gasteiger partial charge on any atom is -0.505 e. The molecule has 0 aliphatic carbocycles. The minimum atomic E-state index is -5.00. The van der Waals surface area contributed by atoms with Gasteiger partial charge in [0.15, 0.2) is 11.5 Å². The number of carboxylic acid groups (broad SMARTS) is 1. The van der Waals surface area contributed by atoms with Crippen molar-refractivity contribution in [2.75, 3.05) is 5.73 Å². The summed E-state index contributed by atoms with van der Waals surface area (Å²) >= 11 is 0. The van der Waals surface area contributed by atoms with Crippen LogP contribution in [-0.4, -0.2) is 57.9 Å². The van der Waals surface area contributed by atoms with Gasteiger partial charge in [-0.25, -0.2) is 0 Å². The van der Waals surface area contributed by atoms with E-state index in [-0.39, 0.29) is 39.2 Å². The van der Waals surface area contributed by atoms with Gasteiger partial charge in [-0.3, -0.25) is 19.3 Å². The van der Waals surface area contributed by atoms with Crippen LogP contribution in [0.25, 0.3) is 10.8 Å². The van der Waals surface area contributed by atoms with Crippen molar-refractivity contribution in [3.63, 3.8) is 0 Å². The second kappa shape index (κ2) is 13.6. The zero-order valence-electron chi connectivity index (χ0n) is 20.9. The van der Waals surface area contributed by atoms with Crippen molar-refractivity contribution in [2.24, 2.45) is 20.5 Å². The van der Waals surface area contributed by atoms with Gasteiger partial charge < -0.3 is 34.7 Å². The molecule has 0 fully saturated rings. The van der Waals surface area contributed by atoms with Crippen LogP contribution in [-0.2, 0) is 32.0 Å². The smallest absolute Gasteiger partial charge is 0.300 e. The first-order valence-corrected chi connectivity index (χ1v) is 13.7. The largest absolute Gasteiger partial charge is 0.505 e. The second-order valence-corrected chi connectivity index (χ2v) is 10.7. The Morgan fingerprint density at radius 3 is 2.02 bits per heavy atom. The topological polar surface area (TPSA) is 294 Å². The maximum Gasteiger partial charge on any atom is 0.300 e. The Morgan fingerprint density at radius 2 is 1.48 bits per heavy atom. The number of hydrogen-bond acceptors (Lipinski definition) is 15. The third-order valence-corrected chi connectivity index (χ3v) is 6.60. The normalized spacial score (nSPS) is 12.1. The number of carboxylic acids is 1. The molecule has 2 aromatic heterocycles. The standard InChI is InChI=1S/C20H17N7O8S2.C2H4O2.Cu/c21-17-16-10(6-14(36(30,31)32)18(17)26-25-12-3-5-23-9-13(12)28)7-15(37(33,34)35)19(20(16)29)27-24-11-2-1-4-22-8-11;1-2(3)4;/h1-9,28-29,33-35H,21H2,(H,30,31,32);1H3,(H,3,4);. The molecule has 0 saturated heterocycles. The van der Waals surface area contributed by atoms with Crippen LogP contribution in [0.15, 0.2) is 85.4 Å². The molecule has 20 heteroatoms. The van der Waals surface area contributed by atoms with Gasteiger partial charge >= 0.3 is 0 Å². The van der Waals surface area contributed by atoms with Crippen LogP contribution < -0.4 is 5.73 Å². The van der Waals surface area contributed by atoms with E-state index in [0.29, 0.717) is 0 Å². The molecule has 2 aromatic carbocycles. The predicted molar refractivity (Wildman–Crippen MR) is 145 cm³/mol. The number of aliphatic carboxylic acids is 1. The molecule has 42 heavy (non-hydrogen) atoms. The van der Waals surface area contributed by atoms with Crippen LogP contribution in [0.3, 0.4) is 0 Å². The molecule has 0 unspecified atom stereocenters. The van der Waals surface area contributed by atoms with Crippen molar-refractivity contribution in [1.29, 1.82) is 0 Å². The summed E-state index contributed by atoms with van der Waals surface area (Å²) in [4.78, 5) is 15.0. The van der Waals surface area contributed by atoms with Crippen molar-refractivity contribution in [1.82, 2.24) is 9.97 Å². The number of pyridine rings is 2. The summed E-state index contributed by atoms with van der Waals surface area (Å²) in [5, 5.41) is 42.9. The molecule has 0 saturated carbocycles. The van der Waals surface area contributed by atoms with E-state index in [4.69, 9.17) is 15.6 Å². The van der Waals surface area contributed by atoms with Gasteiger partial charge in [0.25, 0.3) is 16.1 Å². The summed E-state index contributed by atoms with van der Waals surface area (Å²) < 4.78 is 63.9. The molecule has 227 valence electrons. The molecule has 0 atom stereocenters. The molecular weight excluding hydrogens is 650 g/mol. The number of hydrogen-bond donors (Lipinski definition) is 8. The fraction of sp³-hybridized carbons (Fsp3) is 0.0455. The number of aromatic hydroxyl groups is 2. The van der Waals surface area contributed by atoms with E-state index in [2.05, 4.69) is 30.4 Å². The minimum absolute atomic E-state index is 0. The van der Waals surface area contributed by atoms with Gasteiger partial charge in [0.2, 0.25) is 0 Å². The molecule has 4 aromatic rings. The molecule has 0 amide bonds. The zero-order valence-corrected chi connectivity index (χ0v) is 23.5. The summed E-state index contributed by atoms with van der Waals surface area (Å²) in [6.45, 7) is 1.08. The van der Waals surface area contributed by atoms with Crippen LogP contribution >= 0.6 is 10.9 Å². The average Bonchev–Trinajstić information content (AvgIpc) is 2.87. The molecular formula is C22H21CuN7O10S2. The van der Waals surface area contributed by atoms with Crippen molar-refractivity contribution < 1.29 is 63.8 Å². The van der Waals surface area contributed by atoms with Gasteiger partial charge in [0.1, 0.15) is 38.5 Å². The Morgan fingerprint density at radius 1 is 0.881 bits per heavy atom. The molecule has 17 nitrogen and oxygen atoms in total. The molecule has 9 N–H and O–H groups in total. The molecule has 0 aliphatic heterocycles. The Bertz CT molecular complexity index is 1780. The molecule has 1 radical (unpaired) electrons. The molecule has 0 spiro atoms. The number of benzene rings is 2. The Hall–Kier alpha value is -4.27. The Kier molecular flexibility index (Phi) is 11.0. The van der Waals surface area contributed by atoms with E-state index >= 15 is 0 Å². The van der Waals surface area contributed by atoms with Gasteiger partial charge in [-0.1, -0.05) is 0 Å². The predicted octanol–water partition coefficient (Wildman–Crippen LogP) is 5.37. The van der Waals surface area contributed by atoms with E-state index in [0.717, 1.165) is 25.3 Å². The Balaban J connectivity index is 0.00000116. The van der Waals surface area contributed by atoms with Gasteiger partial charge in [-0.05, 0) is 35.7 Å². The average molecular weight is 671 g/mol. The summed E-state index contributed by atoms with van der Waals surface area (Å²) in [5.41, 5.74) is 4.50. The quantitative estimate of drug-likeness (QED) is 0.0554. The molecule has 2 heterocycles. The monoisotopic (exact) mass is 670 g/mol. The number of anilines is 1. The van der Waals surface area contributed by atoms with Crippen LogP contribution in [0.5, 0.6) is 11.5 Å². The first kappa shape index (κ1) is 33.9. The van der Waals surface area contributed by atoms with Crippen LogP contribution in [0.1, 0.15) is 6.92 Å². The number of azo groups is 2. The summed E-state index contributed by atoms with van der Waals surface area (Å²) in [6, 6.07) is 6.03. The maximum absolute atomic E-state index is 12.1. The first-order valence-electron chi connectivity index (χ1n) is 10.8. The summed E-state index contributed by atoms with van der Waals surface area (Å²) in [5.74, 6) is -2.05. The number of nitrogen functional groups attached to an aromatic ring is 1. The number of carbonyl (C=O) groups is 1. The summed E-state index contributed by atoms with van der Waals surface area (Å²) in [6.07, 6.45) is 5.12. The third kappa shape index (κ3) is 8.15. The number of rotatable bonds is 6. The van der Waals surface area contributed by atoms with Crippen molar-refractivity contribution in [3.05, 3.63) is 55.1 Å². The van der Waals surface area contributed by atoms with Crippen LogP contribution in [0.4, 0.5) is 28.4 Å². The van der Waals surface area contributed by atoms with Gasteiger partial charge in [0.05, 0.1) is 28.4 Å². The maximum atomic E-state index is 12.1.